The predicted octanol–water partition coefficient (Wildman–Crippen LogP) is 1.62. The number of nitrogens with zero attached hydrogens (tertiary/aromatic N) is 4. The van der Waals surface area contributed by atoms with Gasteiger partial charge in [0.25, 0.3) is 5.91 Å². The van der Waals surface area contributed by atoms with Gasteiger partial charge in [-0.05, 0) is 39.3 Å². The molecule has 0 saturated carbocycles. The first-order valence-corrected chi connectivity index (χ1v) is 9.65. The van der Waals surface area contributed by atoms with Gasteiger partial charge in [0, 0.05) is 44.0 Å². The van der Waals surface area contributed by atoms with Gasteiger partial charge in [-0.1, -0.05) is 0 Å². The summed E-state index contributed by atoms with van der Waals surface area (Å²) in [6, 6.07) is 4.27. The third kappa shape index (κ3) is 4.56. The third-order valence-corrected chi connectivity index (χ3v) is 4.96. The molecule has 2 aromatic heterocycles. The van der Waals surface area contributed by atoms with Gasteiger partial charge in [-0.3, -0.25) is 9.78 Å². The van der Waals surface area contributed by atoms with Crippen molar-refractivity contribution in [1.29, 1.82) is 0 Å². The van der Waals surface area contributed by atoms with Crippen LogP contribution in [0.2, 0.25) is 0 Å². The summed E-state index contributed by atoms with van der Waals surface area (Å²) in [5.41, 5.74) is 2.83. The Morgan fingerprint density at radius 1 is 1.32 bits per heavy atom. The Hall–Kier alpha value is -2.74. The van der Waals surface area contributed by atoms with Crippen LogP contribution in [0.15, 0.2) is 18.3 Å². The molecule has 0 spiro atoms. The molecule has 1 aliphatic heterocycles. The summed E-state index contributed by atoms with van der Waals surface area (Å²) in [5, 5.41) is 6.16. The van der Waals surface area contributed by atoms with E-state index in [-0.39, 0.29) is 11.7 Å². The number of ether oxygens (including phenoxy) is 1. The lowest BCUT2D eigenvalue weighted by molar-refractivity contribution is 0.0952. The van der Waals surface area contributed by atoms with Crippen LogP contribution in [0.5, 0.6) is 5.75 Å². The second-order valence-electron chi connectivity index (χ2n) is 6.89. The molecule has 2 aromatic rings. The molecular weight excluding hydrogens is 356 g/mol. The van der Waals surface area contributed by atoms with Crippen molar-refractivity contribution in [3.05, 3.63) is 41.1 Å². The number of aryl methyl sites for hydroxylation is 1. The highest BCUT2D eigenvalue weighted by atomic mass is 16.5. The zero-order chi connectivity index (χ0) is 20.1. The number of rotatable bonds is 7. The fraction of sp³-hybridized carbons (Fsp3) is 0.500. The zero-order valence-corrected chi connectivity index (χ0v) is 17.0. The molecule has 28 heavy (non-hydrogen) atoms. The summed E-state index contributed by atoms with van der Waals surface area (Å²) < 4.78 is 5.43. The monoisotopic (exact) mass is 384 g/mol. The van der Waals surface area contributed by atoms with Gasteiger partial charge in [-0.15, -0.1) is 0 Å². The van der Waals surface area contributed by atoms with Gasteiger partial charge in [0.2, 0.25) is 5.82 Å². The summed E-state index contributed by atoms with van der Waals surface area (Å²) in [7, 11) is 1.59. The Labute approximate surface area is 165 Å². The van der Waals surface area contributed by atoms with Crippen molar-refractivity contribution in [2.45, 2.75) is 39.8 Å². The molecule has 0 radical (unpaired) electrons. The summed E-state index contributed by atoms with van der Waals surface area (Å²) in [4.78, 5) is 27.4. The lowest BCUT2D eigenvalue weighted by atomic mass is 10.2. The van der Waals surface area contributed by atoms with Gasteiger partial charge >= 0.3 is 0 Å². The highest BCUT2D eigenvalue weighted by Crippen LogP contribution is 2.24. The first-order valence-electron chi connectivity index (χ1n) is 9.65. The lowest BCUT2D eigenvalue weighted by Gasteiger charge is -2.21. The molecule has 1 amide bonds. The highest BCUT2D eigenvalue weighted by Gasteiger charge is 2.26. The van der Waals surface area contributed by atoms with E-state index in [0.29, 0.717) is 19.2 Å². The largest absolute Gasteiger partial charge is 0.492 e. The van der Waals surface area contributed by atoms with Crippen LogP contribution in [0.3, 0.4) is 0 Å². The molecule has 3 heterocycles. The van der Waals surface area contributed by atoms with Crippen molar-refractivity contribution in [2.24, 2.45) is 0 Å². The topological polar surface area (TPSA) is 92.3 Å². The number of carbonyl (C=O) groups is 1. The van der Waals surface area contributed by atoms with E-state index in [1.54, 1.807) is 13.2 Å². The maximum Gasteiger partial charge on any atom is 0.288 e. The molecule has 2 N–H and O–H groups in total. The molecule has 0 bridgehead atoms. The standard InChI is InChI=1S/C20H28N6O2/c1-5-28-17-7-6-15(23-11-17)10-22-16-8-9-26(12-16)19-13(2)14(3)24-18(25-19)20(27)21-4/h6-7,11,16,22H,5,8-10,12H2,1-4H3,(H,21,27)/t16-/m1/s1. The fourth-order valence-corrected chi connectivity index (χ4v) is 3.27. The minimum absolute atomic E-state index is 0.218. The number of pyridine rings is 1. The first-order chi connectivity index (χ1) is 13.5. The lowest BCUT2D eigenvalue weighted by Crippen LogP contribution is -2.33. The minimum Gasteiger partial charge on any atom is -0.492 e. The normalized spacial score (nSPS) is 16.3. The Morgan fingerprint density at radius 2 is 2.14 bits per heavy atom. The average molecular weight is 384 g/mol. The van der Waals surface area contributed by atoms with Crippen molar-refractivity contribution < 1.29 is 9.53 Å². The van der Waals surface area contributed by atoms with Crippen LogP contribution in [0.25, 0.3) is 0 Å². The van der Waals surface area contributed by atoms with Crippen LogP contribution < -0.4 is 20.3 Å². The molecule has 8 nitrogen and oxygen atoms in total. The summed E-state index contributed by atoms with van der Waals surface area (Å²) in [6.07, 6.45) is 2.77. The predicted molar refractivity (Wildman–Crippen MR) is 108 cm³/mol. The molecule has 8 heteroatoms. The molecule has 3 rings (SSSR count). The first kappa shape index (κ1) is 20.0. The molecule has 0 aliphatic carbocycles. The minimum atomic E-state index is -0.264. The van der Waals surface area contributed by atoms with E-state index in [0.717, 1.165) is 48.0 Å². The number of nitrogens with one attached hydrogen (secondary N) is 2. The molecule has 1 fully saturated rings. The second-order valence-corrected chi connectivity index (χ2v) is 6.89. The van der Waals surface area contributed by atoms with Gasteiger partial charge < -0.3 is 20.3 Å². The van der Waals surface area contributed by atoms with Gasteiger partial charge in [0.15, 0.2) is 0 Å². The van der Waals surface area contributed by atoms with Crippen LogP contribution in [0, 0.1) is 13.8 Å². The van der Waals surface area contributed by atoms with E-state index in [1.165, 1.54) is 0 Å². The number of anilines is 1. The van der Waals surface area contributed by atoms with E-state index in [1.807, 2.05) is 32.9 Å². The van der Waals surface area contributed by atoms with Crippen LogP contribution in [0.1, 0.15) is 40.9 Å². The van der Waals surface area contributed by atoms with Gasteiger partial charge in [0.1, 0.15) is 11.6 Å². The maximum atomic E-state index is 11.9. The smallest absolute Gasteiger partial charge is 0.288 e. The van der Waals surface area contributed by atoms with E-state index in [4.69, 9.17) is 4.74 Å². The van der Waals surface area contributed by atoms with Crippen LogP contribution in [-0.2, 0) is 6.54 Å². The van der Waals surface area contributed by atoms with Gasteiger partial charge in [0.05, 0.1) is 18.5 Å². The Morgan fingerprint density at radius 3 is 2.82 bits per heavy atom. The van der Waals surface area contributed by atoms with Crippen molar-refractivity contribution in [3.8, 4) is 5.75 Å². The van der Waals surface area contributed by atoms with Gasteiger partial charge in [-0.25, -0.2) is 9.97 Å². The van der Waals surface area contributed by atoms with Crippen molar-refractivity contribution in [1.82, 2.24) is 25.6 Å². The molecule has 1 atom stereocenters. The third-order valence-electron chi connectivity index (χ3n) is 4.96. The van der Waals surface area contributed by atoms with Crippen LogP contribution in [0.4, 0.5) is 5.82 Å². The Balaban J connectivity index is 1.62. The molecule has 150 valence electrons. The number of aromatic nitrogens is 3. The van der Waals surface area contributed by atoms with Crippen molar-refractivity contribution in [2.75, 3.05) is 31.6 Å². The number of hydrogen-bond donors (Lipinski definition) is 2. The molecule has 0 aromatic carbocycles. The molecule has 1 aliphatic rings. The number of carbonyl (C=O) groups excluding carboxylic acids is 1. The fourth-order valence-electron chi connectivity index (χ4n) is 3.27. The number of amides is 1. The second kappa shape index (κ2) is 8.97. The van der Waals surface area contributed by atoms with E-state index in [9.17, 15) is 4.79 Å². The zero-order valence-electron chi connectivity index (χ0n) is 17.0. The highest BCUT2D eigenvalue weighted by molar-refractivity contribution is 5.90. The van der Waals surface area contributed by atoms with Gasteiger partial charge in [-0.2, -0.15) is 0 Å². The molecular formula is C20H28N6O2. The van der Waals surface area contributed by atoms with E-state index in [2.05, 4.69) is 30.5 Å². The maximum absolute atomic E-state index is 11.9. The summed E-state index contributed by atoms with van der Waals surface area (Å²) >= 11 is 0. The van der Waals surface area contributed by atoms with Crippen molar-refractivity contribution >= 4 is 11.7 Å². The number of hydrogen-bond acceptors (Lipinski definition) is 7. The van der Waals surface area contributed by atoms with E-state index < -0.39 is 0 Å². The van der Waals surface area contributed by atoms with Crippen molar-refractivity contribution in [3.63, 3.8) is 0 Å². The van der Waals surface area contributed by atoms with Crippen LogP contribution in [-0.4, -0.2) is 53.6 Å². The van der Waals surface area contributed by atoms with Crippen LogP contribution >= 0.6 is 0 Å². The molecule has 0 unspecified atom stereocenters. The SMILES string of the molecule is CCOc1ccc(CN[C@@H]2CCN(c3nc(C(=O)NC)nc(C)c3C)C2)nc1. The summed E-state index contributed by atoms with van der Waals surface area (Å²) in [5.74, 6) is 1.59. The average Bonchev–Trinajstić information content (AvgIpc) is 3.18. The quantitative estimate of drug-likeness (QED) is 0.749. The Bertz CT molecular complexity index is 824. The molecule has 1 saturated heterocycles. The summed E-state index contributed by atoms with van der Waals surface area (Å²) in [6.45, 7) is 8.94. The Kier molecular flexibility index (Phi) is 6.41. The van der Waals surface area contributed by atoms with E-state index >= 15 is 0 Å².